The minimum atomic E-state index is -4.52. The van der Waals surface area contributed by atoms with E-state index in [1.54, 1.807) is 60.6 Å². The van der Waals surface area contributed by atoms with Crippen LogP contribution in [0.25, 0.3) is 0 Å². The molecular weight excluding hydrogens is 1080 g/mol. The van der Waals surface area contributed by atoms with Crippen molar-refractivity contribution in [1.29, 1.82) is 0 Å². The fourth-order valence-corrected chi connectivity index (χ4v) is 17.9. The van der Waals surface area contributed by atoms with Gasteiger partial charge >= 0.3 is 5.97 Å². The van der Waals surface area contributed by atoms with Crippen molar-refractivity contribution in [2.24, 2.45) is 17.8 Å². The van der Waals surface area contributed by atoms with Crippen molar-refractivity contribution in [3.63, 3.8) is 0 Å². The highest BCUT2D eigenvalue weighted by Gasteiger charge is 2.54. The Morgan fingerprint density at radius 3 is 1.99 bits per heavy atom. The van der Waals surface area contributed by atoms with Gasteiger partial charge in [0.25, 0.3) is 10.1 Å². The van der Waals surface area contributed by atoms with Crippen molar-refractivity contribution in [3.05, 3.63) is 84.9 Å². The van der Waals surface area contributed by atoms with E-state index in [4.69, 9.17) is 28.4 Å². The van der Waals surface area contributed by atoms with Crippen LogP contribution < -0.4 is 15.9 Å². The molecule has 6 N–H and O–H groups in total. The number of cyclic esters (lactones) is 1. The van der Waals surface area contributed by atoms with Gasteiger partial charge in [-0.1, -0.05) is 63.2 Å². The van der Waals surface area contributed by atoms with E-state index in [1.807, 2.05) is 99.6 Å². The molecule has 3 fully saturated rings. The summed E-state index contributed by atoms with van der Waals surface area (Å²) in [6.45, 7) is 16.9. The van der Waals surface area contributed by atoms with Crippen LogP contribution in [0.15, 0.2) is 89.8 Å². The molecule has 0 unspecified atom stereocenters. The number of methoxy groups -OCH3 is 1. The van der Waals surface area contributed by atoms with Crippen LogP contribution in [0, 0.1) is 17.8 Å². The molecule has 3 aliphatic heterocycles. The zero-order valence-corrected chi connectivity index (χ0v) is 51.5. The first-order valence-electron chi connectivity index (χ1n) is 28.8. The maximum Gasteiger partial charge on any atom is 0.311 e. The number of unbranched alkanes of at least 4 members (excludes halogenated alkanes) is 2. The number of hydrogen-bond donors (Lipinski definition) is 6. The molecule has 0 spiro atoms. The highest BCUT2D eigenvalue weighted by Crippen LogP contribution is 2.56. The quantitative estimate of drug-likeness (QED) is 0.0417. The average Bonchev–Trinajstić information content (AvgIpc) is 3.42. The second-order valence-corrected chi connectivity index (χ2v) is 29.3. The number of carbonyl (C=O) groups is 2. The summed E-state index contributed by atoms with van der Waals surface area (Å²) in [6.07, 6.45) is -7.89. The zero-order valence-electron chi connectivity index (χ0n) is 49.8. The third-order valence-electron chi connectivity index (χ3n) is 17.6. The van der Waals surface area contributed by atoms with Crippen LogP contribution in [0.3, 0.4) is 0 Å². The number of nitrogens with zero attached hydrogens (tertiary/aromatic N) is 2. The van der Waals surface area contributed by atoms with E-state index in [2.05, 4.69) is 0 Å². The van der Waals surface area contributed by atoms with Gasteiger partial charge in [0, 0.05) is 44.5 Å². The largest absolute Gasteiger partial charge is 0.459 e. The van der Waals surface area contributed by atoms with Gasteiger partial charge in [0.05, 0.1) is 58.6 Å². The molecule has 454 valence electrons. The number of hydrogen-bond acceptors (Lipinski definition) is 16. The molecule has 0 bridgehead atoms. The SMILES string of the molecule is CC[C@H]1OC(=O)[C@H](C)[C@@H](O[C@H]2C[C@@](C)(OC)[C@@H](O)[C@H](C)O2)[C@H](C)[C@@H](O[C@@H]2O[C@H](C)C[C@H](N(C)C)[C@H]2O)[C@](C)(O)C[C@@H](C)CN(C(=O)CCCCC[P+](c2ccccc2)(c2ccccc2)c2cccc(S(=O)(=O)O)c2)[C@H](C)[C@@H](O)[C@]1(C)O. The Bertz CT molecular complexity index is 2570. The minimum Gasteiger partial charge on any atom is -0.459 e. The van der Waals surface area contributed by atoms with E-state index in [9.17, 15) is 48.1 Å². The van der Waals surface area contributed by atoms with E-state index < -0.39 is 119 Å². The lowest BCUT2D eigenvalue weighted by Gasteiger charge is -2.48. The van der Waals surface area contributed by atoms with E-state index in [1.165, 1.54) is 25.0 Å². The van der Waals surface area contributed by atoms with Gasteiger partial charge < -0.3 is 63.8 Å². The molecular formula is C61H94N2O16PS+. The van der Waals surface area contributed by atoms with Gasteiger partial charge in [-0.15, -0.1) is 0 Å². The van der Waals surface area contributed by atoms with Crippen molar-refractivity contribution in [3.8, 4) is 0 Å². The molecule has 20 heteroatoms. The molecule has 18 atom stereocenters. The fourth-order valence-electron chi connectivity index (χ4n) is 12.9. The third-order valence-corrected chi connectivity index (χ3v) is 22.9. The number of likely N-dealkylation sites (N-methyl/N-ethyl adjacent to an activating group) is 1. The Morgan fingerprint density at radius 2 is 1.42 bits per heavy atom. The Hall–Kier alpha value is -3.50. The summed E-state index contributed by atoms with van der Waals surface area (Å²) in [7, 11) is -1.89. The summed E-state index contributed by atoms with van der Waals surface area (Å²) in [5, 5.41) is 63.6. The van der Waals surface area contributed by atoms with Crippen LogP contribution in [0.1, 0.15) is 121 Å². The number of ether oxygens (including phenoxy) is 6. The smallest absolute Gasteiger partial charge is 0.311 e. The standard InChI is InChI=1S/C61H93N2O16PS/c1-14-49-61(10,70)54(66)42(6)63(50(64)31-22-17-23-32-80(44-25-18-15-19-26-44,45-27-20-16-21-28-45)46-29-24-30-47(34-46)81(71,72)73)37-38(2)35-59(8,69)56(79-58-52(65)48(62(11)12)33-39(3)75-58)40(4)53(41(5)57(68)77-49)78-51-36-60(9,74-13)55(67)43(7)76-51/h15-16,18-21,24-30,34,38-43,48-49,51-56,58,65-67,69-70H,14,17,22-23,31-33,35-37H2,1-13H3/p+1/t38-,39-,40+,41-,42-,43+,48+,49-,51+,52-,53+,54-,55+,56-,58+,59-,60-,61-/m1/s1. The van der Waals surface area contributed by atoms with Gasteiger partial charge in [-0.2, -0.15) is 8.42 Å². The number of aliphatic hydroxyl groups excluding tert-OH is 3. The van der Waals surface area contributed by atoms with E-state index in [0.29, 0.717) is 31.8 Å². The fraction of sp³-hybridized carbons (Fsp3) is 0.672. The molecule has 3 aromatic rings. The lowest BCUT2D eigenvalue weighted by molar-refractivity contribution is -0.318. The van der Waals surface area contributed by atoms with Crippen molar-refractivity contribution in [2.45, 2.75) is 216 Å². The number of carbonyl (C=O) groups excluding carboxylic acids is 2. The lowest BCUT2D eigenvalue weighted by atomic mass is 9.77. The van der Waals surface area contributed by atoms with Gasteiger partial charge in [0.15, 0.2) is 12.6 Å². The van der Waals surface area contributed by atoms with Crippen molar-refractivity contribution >= 4 is 45.2 Å². The Morgan fingerprint density at radius 1 is 0.815 bits per heavy atom. The Labute approximate surface area is 481 Å². The summed E-state index contributed by atoms with van der Waals surface area (Å²) < 4.78 is 73.4. The molecule has 81 heavy (non-hydrogen) atoms. The van der Waals surface area contributed by atoms with Crippen LogP contribution in [0.2, 0.25) is 0 Å². The molecule has 0 saturated carbocycles. The van der Waals surface area contributed by atoms with Crippen LogP contribution in [-0.4, -0.2) is 184 Å². The normalized spacial score (nSPS) is 36.1. The molecule has 6 rings (SSSR count). The monoisotopic (exact) mass is 1170 g/mol. The van der Waals surface area contributed by atoms with Crippen molar-refractivity contribution in [1.82, 2.24) is 9.80 Å². The molecule has 0 radical (unpaired) electrons. The molecule has 0 aromatic heterocycles. The van der Waals surface area contributed by atoms with Gasteiger partial charge in [-0.3, -0.25) is 14.1 Å². The maximum atomic E-state index is 14.9. The van der Waals surface area contributed by atoms with Gasteiger partial charge in [-0.05, 0) is 143 Å². The number of aliphatic hydroxyl groups is 5. The van der Waals surface area contributed by atoms with E-state index in [-0.39, 0.29) is 55.2 Å². The van der Waals surface area contributed by atoms with Crippen LogP contribution in [0.5, 0.6) is 0 Å². The highest BCUT2D eigenvalue weighted by molar-refractivity contribution is 7.95. The molecule has 18 nitrogen and oxygen atoms in total. The first-order chi connectivity index (χ1) is 37.9. The highest BCUT2D eigenvalue weighted by atomic mass is 32.2. The lowest BCUT2D eigenvalue weighted by Crippen LogP contribution is -2.60. The van der Waals surface area contributed by atoms with Gasteiger partial charge in [0.1, 0.15) is 53.2 Å². The van der Waals surface area contributed by atoms with Crippen LogP contribution in [-0.2, 0) is 48.1 Å². The molecule has 3 heterocycles. The summed E-state index contributed by atoms with van der Waals surface area (Å²) in [6, 6.07) is 24.9. The van der Waals surface area contributed by atoms with E-state index >= 15 is 0 Å². The number of benzene rings is 3. The second-order valence-electron chi connectivity index (χ2n) is 24.3. The third kappa shape index (κ3) is 15.3. The molecule has 0 aliphatic carbocycles. The van der Waals surface area contributed by atoms with E-state index in [0.717, 1.165) is 15.9 Å². The first kappa shape index (κ1) is 66.6. The zero-order chi connectivity index (χ0) is 60.0. The number of rotatable bonds is 17. The summed E-state index contributed by atoms with van der Waals surface area (Å²) in [5.41, 5.74) is -4.99. The molecule has 3 aromatic carbocycles. The van der Waals surface area contributed by atoms with Gasteiger partial charge in [-0.25, -0.2) is 0 Å². The van der Waals surface area contributed by atoms with Gasteiger partial charge in [0.2, 0.25) is 5.91 Å². The van der Waals surface area contributed by atoms with Crippen LogP contribution in [0.4, 0.5) is 0 Å². The number of esters is 1. The molecule has 3 saturated heterocycles. The summed E-state index contributed by atoms with van der Waals surface area (Å²) in [5.74, 6) is -3.64. The first-order valence-corrected chi connectivity index (χ1v) is 32.2. The maximum absolute atomic E-state index is 14.9. The summed E-state index contributed by atoms with van der Waals surface area (Å²) >= 11 is 0. The van der Waals surface area contributed by atoms with Crippen LogP contribution >= 0.6 is 7.26 Å². The number of amides is 1. The Balaban J connectivity index is 1.34. The molecule has 3 aliphatic rings. The van der Waals surface area contributed by atoms with Crippen molar-refractivity contribution < 1.29 is 76.5 Å². The second kappa shape index (κ2) is 27.7. The topological polar surface area (TPSA) is 252 Å². The van der Waals surface area contributed by atoms with Crippen molar-refractivity contribution in [2.75, 3.05) is 33.9 Å². The Kier molecular flexibility index (Phi) is 22.8. The average molecular weight is 1170 g/mol. The predicted molar refractivity (Wildman–Crippen MR) is 312 cm³/mol. The predicted octanol–water partition coefficient (Wildman–Crippen LogP) is 5.60. The minimum absolute atomic E-state index is 0.00194. The summed E-state index contributed by atoms with van der Waals surface area (Å²) in [4.78, 5) is 32.9. The molecule has 1 amide bonds.